The van der Waals surface area contributed by atoms with Crippen molar-refractivity contribution in [3.63, 3.8) is 0 Å². The van der Waals surface area contributed by atoms with E-state index in [0.717, 1.165) is 0 Å². The van der Waals surface area contributed by atoms with E-state index < -0.39 is 26.0 Å². The summed E-state index contributed by atoms with van der Waals surface area (Å²) in [6.45, 7) is -5.25. The van der Waals surface area contributed by atoms with Crippen molar-refractivity contribution in [2.45, 2.75) is 19.0 Å². The molecule has 2 atom stereocenters. The summed E-state index contributed by atoms with van der Waals surface area (Å²) in [5.41, 5.74) is 0.357. The van der Waals surface area contributed by atoms with Crippen LogP contribution in [0.5, 0.6) is 0 Å². The maximum Gasteiger partial charge on any atom is 0.0940 e. The van der Waals surface area contributed by atoms with Gasteiger partial charge in [-0.25, -0.2) is 0 Å². The van der Waals surface area contributed by atoms with Gasteiger partial charge in [0.05, 0.1) is 6.10 Å². The van der Waals surface area contributed by atoms with Crippen LogP contribution in [0.15, 0.2) is 30.3 Å². The molecule has 0 heterocycles. The zero-order valence-electron chi connectivity index (χ0n) is 12.5. The van der Waals surface area contributed by atoms with Crippen LogP contribution in [-0.2, 0) is 0 Å². The largest absolute Gasteiger partial charge is 0.387 e. The van der Waals surface area contributed by atoms with Gasteiger partial charge >= 0.3 is 0 Å². The van der Waals surface area contributed by atoms with Crippen molar-refractivity contribution >= 4 is 0 Å². The van der Waals surface area contributed by atoms with Crippen molar-refractivity contribution in [1.82, 2.24) is 5.32 Å². The molecule has 1 aromatic carbocycles. The average Bonchev–Trinajstić information content (AvgIpc) is 2.24. The lowest BCUT2D eigenvalue weighted by Gasteiger charge is -2.17. The van der Waals surface area contributed by atoms with E-state index in [1.165, 1.54) is 0 Å². The molecule has 0 aromatic heterocycles. The maximum absolute atomic E-state index is 10.0. The van der Waals surface area contributed by atoms with Gasteiger partial charge in [0.15, 0.2) is 0 Å². The van der Waals surface area contributed by atoms with E-state index in [9.17, 15) is 5.11 Å². The number of aliphatic hydroxyl groups excluding tert-OH is 1. The van der Waals surface area contributed by atoms with Crippen LogP contribution in [0.1, 0.15) is 26.7 Å². The maximum atomic E-state index is 10.0. The molecule has 0 amide bonds. The Morgan fingerprint density at radius 2 is 2.17 bits per heavy atom. The fourth-order valence-corrected chi connectivity index (χ4v) is 0.922. The number of likely N-dealkylation sites (N-methyl/N-ethyl adjacent to an activating group) is 1. The van der Waals surface area contributed by atoms with Crippen molar-refractivity contribution in [1.29, 1.82) is 0 Å². The second-order valence-electron chi connectivity index (χ2n) is 2.48. The fraction of sp³-hybridized carbons (Fsp3) is 0.400. The van der Waals surface area contributed by atoms with Crippen LogP contribution in [0.25, 0.3) is 0 Å². The summed E-state index contributed by atoms with van der Waals surface area (Å²) >= 11 is 0. The molecule has 0 radical (unpaired) electrons. The van der Waals surface area contributed by atoms with Gasteiger partial charge in [-0.1, -0.05) is 30.3 Å². The molecular formula is C10H15NO. The normalized spacial score (nSPS) is 25.1. The monoisotopic (exact) mass is 171 g/mol. The second kappa shape index (κ2) is 4.24. The Kier molecular flexibility index (Phi) is 1.38. The van der Waals surface area contributed by atoms with Crippen LogP contribution in [0.4, 0.5) is 0 Å². The SMILES string of the molecule is [2H]C([2H])([2H])N[C@@H]([C@@H](O)c1ccccc1)C([2H])([2H])[2H]. The molecule has 0 aliphatic heterocycles. The van der Waals surface area contributed by atoms with Gasteiger partial charge in [0.25, 0.3) is 0 Å². The lowest BCUT2D eigenvalue weighted by atomic mass is 10.0. The molecule has 0 saturated heterocycles. The Hall–Kier alpha value is -0.860. The molecule has 1 rings (SSSR count). The van der Waals surface area contributed by atoms with E-state index in [2.05, 4.69) is 0 Å². The Labute approximate surface area is 81.7 Å². The first-order valence-electron chi connectivity index (χ1n) is 6.62. The molecule has 0 aliphatic rings. The minimum Gasteiger partial charge on any atom is -0.387 e. The highest BCUT2D eigenvalue weighted by atomic mass is 16.3. The molecule has 0 aliphatic carbocycles. The molecule has 0 spiro atoms. The minimum absolute atomic E-state index is 0.357. The summed E-state index contributed by atoms with van der Waals surface area (Å²) in [6, 6.07) is 6.55. The number of aliphatic hydroxyl groups is 1. The number of rotatable bonds is 3. The van der Waals surface area contributed by atoms with Crippen LogP contribution >= 0.6 is 0 Å². The average molecular weight is 171 g/mol. The highest BCUT2D eigenvalue weighted by Crippen LogP contribution is 2.15. The summed E-state index contributed by atoms with van der Waals surface area (Å²) < 4.78 is 43.1. The van der Waals surface area contributed by atoms with E-state index in [-0.39, 0.29) is 0 Å². The van der Waals surface area contributed by atoms with Gasteiger partial charge in [-0.2, -0.15) is 0 Å². The number of nitrogens with one attached hydrogen (secondary N) is 1. The summed E-state index contributed by atoms with van der Waals surface area (Å²) in [6.07, 6.45) is -1.42. The first-order valence-corrected chi connectivity index (χ1v) is 3.62. The predicted octanol–water partition coefficient (Wildman–Crippen LogP) is 1.33. The van der Waals surface area contributed by atoms with E-state index >= 15 is 0 Å². The smallest absolute Gasteiger partial charge is 0.0940 e. The summed E-state index contributed by atoms with van der Waals surface area (Å²) in [5.74, 6) is 0. The number of hydrogen-bond acceptors (Lipinski definition) is 2. The molecule has 66 valence electrons. The lowest BCUT2D eigenvalue weighted by molar-refractivity contribution is 0.140. The molecule has 2 heteroatoms. The van der Waals surface area contributed by atoms with Crippen molar-refractivity contribution in [2.24, 2.45) is 0 Å². The van der Waals surface area contributed by atoms with E-state index in [1.807, 2.05) is 5.32 Å². The summed E-state index contributed by atoms with van der Waals surface area (Å²) in [4.78, 5) is 0. The third-order valence-corrected chi connectivity index (χ3v) is 1.61. The van der Waals surface area contributed by atoms with E-state index in [1.54, 1.807) is 30.3 Å². The molecule has 2 N–H and O–H groups in total. The van der Waals surface area contributed by atoms with Crippen molar-refractivity contribution in [3.8, 4) is 0 Å². The van der Waals surface area contributed by atoms with Crippen LogP contribution < -0.4 is 5.32 Å². The quantitative estimate of drug-likeness (QED) is 0.719. The Bertz CT molecular complexity index is 374. The topological polar surface area (TPSA) is 32.3 Å². The first-order chi connectivity index (χ1) is 8.11. The Balaban J connectivity index is 2.97. The molecule has 0 unspecified atom stereocenters. The van der Waals surface area contributed by atoms with Gasteiger partial charge < -0.3 is 10.4 Å². The van der Waals surface area contributed by atoms with Gasteiger partial charge in [-0.05, 0) is 19.4 Å². The molecule has 2 nitrogen and oxygen atoms in total. The van der Waals surface area contributed by atoms with Gasteiger partial charge in [0, 0.05) is 14.3 Å². The molecule has 1 aromatic rings. The zero-order chi connectivity index (χ0) is 14.0. The lowest BCUT2D eigenvalue weighted by Crippen LogP contribution is -2.28. The third-order valence-electron chi connectivity index (χ3n) is 1.61. The third kappa shape index (κ3) is 2.06. The van der Waals surface area contributed by atoms with E-state index in [0.29, 0.717) is 5.56 Å². The first kappa shape index (κ1) is 3.90. The van der Waals surface area contributed by atoms with Crippen molar-refractivity contribution in [3.05, 3.63) is 35.9 Å². The van der Waals surface area contributed by atoms with Crippen molar-refractivity contribution in [2.75, 3.05) is 6.98 Å². The zero-order valence-corrected chi connectivity index (χ0v) is 6.49. The minimum atomic E-state index is -2.63. The molecule has 0 saturated carbocycles. The highest BCUT2D eigenvalue weighted by molar-refractivity contribution is 5.18. The fourth-order valence-electron chi connectivity index (χ4n) is 0.922. The number of hydrogen-bond donors (Lipinski definition) is 2. The summed E-state index contributed by atoms with van der Waals surface area (Å²) in [7, 11) is 0. The second-order valence-corrected chi connectivity index (χ2v) is 2.48. The van der Waals surface area contributed by atoms with Gasteiger partial charge in [-0.3, -0.25) is 0 Å². The van der Waals surface area contributed by atoms with Crippen molar-refractivity contribution < 1.29 is 13.3 Å². The summed E-state index contributed by atoms with van der Waals surface area (Å²) in [5, 5.41) is 12.0. The van der Waals surface area contributed by atoms with Gasteiger partial charge in [0.1, 0.15) is 0 Å². The Morgan fingerprint density at radius 1 is 1.42 bits per heavy atom. The van der Waals surface area contributed by atoms with Gasteiger partial charge in [-0.15, -0.1) is 0 Å². The van der Waals surface area contributed by atoms with E-state index in [4.69, 9.17) is 8.22 Å². The Morgan fingerprint density at radius 3 is 2.75 bits per heavy atom. The van der Waals surface area contributed by atoms with Gasteiger partial charge in [0.2, 0.25) is 0 Å². The number of benzene rings is 1. The predicted molar refractivity (Wildman–Crippen MR) is 49.9 cm³/mol. The van der Waals surface area contributed by atoms with Crippen LogP contribution in [0.2, 0.25) is 0 Å². The van der Waals surface area contributed by atoms with Crippen LogP contribution in [0, 0.1) is 0 Å². The molecule has 12 heavy (non-hydrogen) atoms. The van der Waals surface area contributed by atoms with Crippen LogP contribution in [-0.4, -0.2) is 18.1 Å². The highest BCUT2D eigenvalue weighted by Gasteiger charge is 2.12. The molecule has 0 fully saturated rings. The molecular weight excluding hydrogens is 150 g/mol. The standard InChI is InChI=1S/C10H15NO/c1-8(11-2)10(12)9-6-4-3-5-7-9/h3-8,10-12H,1-2H3/t8-,10-/m1/s1/i1D3,2D3. The van der Waals surface area contributed by atoms with Crippen LogP contribution in [0.3, 0.4) is 0 Å². The molecule has 0 bridgehead atoms.